The largest absolute Gasteiger partial charge is 0.316 e. The summed E-state index contributed by atoms with van der Waals surface area (Å²) < 4.78 is 26.3. The van der Waals surface area contributed by atoms with E-state index in [1.54, 1.807) is 13.1 Å². The van der Waals surface area contributed by atoms with E-state index < -0.39 is 10.0 Å². The maximum Gasteiger partial charge on any atom is 0.252 e. The first-order valence-corrected chi connectivity index (χ1v) is 9.03. The molecule has 110 valence electrons. The Morgan fingerprint density at radius 1 is 1.21 bits per heavy atom. The first-order valence-electron chi connectivity index (χ1n) is 6.78. The third-order valence-corrected chi connectivity index (χ3v) is 6.28. The molecule has 0 unspecified atom stereocenters. The molecule has 0 spiro atoms. The Hall–Kier alpha value is -0.430. The van der Waals surface area contributed by atoms with Gasteiger partial charge in [-0.05, 0) is 44.5 Å². The Morgan fingerprint density at radius 3 is 2.58 bits per heavy atom. The molecule has 1 aromatic heterocycles. The van der Waals surface area contributed by atoms with Crippen LogP contribution in [0.2, 0.25) is 0 Å². The highest BCUT2D eigenvalue weighted by Gasteiger charge is 2.21. The first kappa shape index (κ1) is 16.6. The Morgan fingerprint density at radius 2 is 1.95 bits per heavy atom. The van der Waals surface area contributed by atoms with Gasteiger partial charge in [-0.25, -0.2) is 12.7 Å². The summed E-state index contributed by atoms with van der Waals surface area (Å²) in [4.78, 5) is 1.12. The molecule has 1 aromatic rings. The minimum Gasteiger partial charge on any atom is -0.316 e. The number of hydrogen-bond donors (Lipinski definition) is 1. The highest BCUT2D eigenvalue weighted by Crippen LogP contribution is 2.24. The van der Waals surface area contributed by atoms with Crippen LogP contribution in [0.15, 0.2) is 16.3 Å². The number of nitrogens with zero attached hydrogens (tertiary/aromatic N) is 1. The van der Waals surface area contributed by atoms with Crippen LogP contribution in [0.5, 0.6) is 0 Å². The molecule has 0 aromatic carbocycles. The molecule has 19 heavy (non-hydrogen) atoms. The molecule has 0 aliphatic carbocycles. The highest BCUT2D eigenvalue weighted by atomic mass is 32.2. The zero-order valence-corrected chi connectivity index (χ0v) is 13.6. The molecule has 0 saturated heterocycles. The lowest BCUT2D eigenvalue weighted by atomic mass is 10.3. The topological polar surface area (TPSA) is 49.4 Å². The Bertz CT molecular complexity index is 469. The van der Waals surface area contributed by atoms with Crippen LogP contribution in [0.25, 0.3) is 0 Å². The van der Waals surface area contributed by atoms with Gasteiger partial charge in [-0.2, -0.15) is 0 Å². The number of rotatable bonds is 9. The van der Waals surface area contributed by atoms with Gasteiger partial charge in [0.1, 0.15) is 4.21 Å². The SMILES string of the molecule is CCCNCCc1ccc(S(=O)(=O)N(C)CCC)s1. The number of thiophene rings is 1. The molecule has 4 nitrogen and oxygen atoms in total. The summed E-state index contributed by atoms with van der Waals surface area (Å²) in [5.41, 5.74) is 0. The van der Waals surface area contributed by atoms with E-state index in [0.29, 0.717) is 10.8 Å². The van der Waals surface area contributed by atoms with E-state index in [2.05, 4.69) is 12.2 Å². The van der Waals surface area contributed by atoms with Crippen molar-refractivity contribution in [2.24, 2.45) is 0 Å². The van der Waals surface area contributed by atoms with E-state index in [-0.39, 0.29) is 0 Å². The molecular formula is C13H24N2O2S2. The van der Waals surface area contributed by atoms with Crippen molar-refractivity contribution in [1.82, 2.24) is 9.62 Å². The van der Waals surface area contributed by atoms with E-state index in [4.69, 9.17) is 0 Å². The van der Waals surface area contributed by atoms with Gasteiger partial charge < -0.3 is 5.32 Å². The zero-order valence-electron chi connectivity index (χ0n) is 12.0. The van der Waals surface area contributed by atoms with Crippen LogP contribution in [0.4, 0.5) is 0 Å². The Balaban J connectivity index is 2.63. The minimum atomic E-state index is -3.28. The molecule has 0 aliphatic rings. The van der Waals surface area contributed by atoms with E-state index in [0.717, 1.165) is 37.2 Å². The molecule has 0 radical (unpaired) electrons. The molecule has 0 saturated carbocycles. The lowest BCUT2D eigenvalue weighted by Crippen LogP contribution is -2.26. The fourth-order valence-electron chi connectivity index (χ4n) is 1.73. The van der Waals surface area contributed by atoms with Crippen molar-refractivity contribution in [3.63, 3.8) is 0 Å². The van der Waals surface area contributed by atoms with Crippen molar-refractivity contribution < 1.29 is 8.42 Å². The predicted molar refractivity (Wildman–Crippen MR) is 81.3 cm³/mol. The number of sulfonamides is 1. The molecule has 0 aliphatic heterocycles. The van der Waals surface area contributed by atoms with Crippen molar-refractivity contribution in [1.29, 1.82) is 0 Å². The standard InChI is InChI=1S/C13H24N2O2S2/c1-4-9-14-10-8-12-6-7-13(18-12)19(16,17)15(3)11-5-2/h6-7,14H,4-5,8-11H2,1-3H3. The normalized spacial score (nSPS) is 12.2. The summed E-state index contributed by atoms with van der Waals surface area (Å²) in [6.45, 7) is 6.58. The van der Waals surface area contributed by atoms with E-state index in [9.17, 15) is 8.42 Å². The molecule has 1 N–H and O–H groups in total. The fraction of sp³-hybridized carbons (Fsp3) is 0.692. The molecule has 0 fully saturated rings. The second-order valence-corrected chi connectivity index (χ2v) is 7.99. The molecule has 1 heterocycles. The lowest BCUT2D eigenvalue weighted by Gasteiger charge is -2.14. The van der Waals surface area contributed by atoms with Crippen molar-refractivity contribution in [2.45, 2.75) is 37.3 Å². The van der Waals surface area contributed by atoms with Gasteiger partial charge in [0.2, 0.25) is 0 Å². The number of nitrogens with one attached hydrogen (secondary N) is 1. The summed E-state index contributed by atoms with van der Waals surface area (Å²) in [5.74, 6) is 0. The van der Waals surface area contributed by atoms with Crippen molar-refractivity contribution in [2.75, 3.05) is 26.7 Å². The van der Waals surface area contributed by atoms with Crippen LogP contribution in [0, 0.1) is 0 Å². The first-order chi connectivity index (χ1) is 9.02. The molecule has 0 atom stereocenters. The number of hydrogen-bond acceptors (Lipinski definition) is 4. The molecule has 0 bridgehead atoms. The monoisotopic (exact) mass is 304 g/mol. The zero-order chi connectivity index (χ0) is 14.3. The average molecular weight is 304 g/mol. The van der Waals surface area contributed by atoms with Crippen LogP contribution in [0.1, 0.15) is 31.6 Å². The smallest absolute Gasteiger partial charge is 0.252 e. The van der Waals surface area contributed by atoms with Gasteiger partial charge in [0.25, 0.3) is 10.0 Å². The van der Waals surface area contributed by atoms with Gasteiger partial charge in [0.05, 0.1) is 0 Å². The maximum atomic E-state index is 12.2. The van der Waals surface area contributed by atoms with Crippen LogP contribution < -0.4 is 5.32 Å². The average Bonchev–Trinajstić information content (AvgIpc) is 2.84. The van der Waals surface area contributed by atoms with Gasteiger partial charge in [-0.1, -0.05) is 13.8 Å². The van der Waals surface area contributed by atoms with Crippen LogP contribution in [-0.4, -0.2) is 39.4 Å². The molecule has 6 heteroatoms. The third kappa shape index (κ3) is 4.87. The third-order valence-electron chi connectivity index (χ3n) is 2.82. The summed E-state index contributed by atoms with van der Waals surface area (Å²) >= 11 is 1.38. The van der Waals surface area contributed by atoms with Crippen molar-refractivity contribution in [3.05, 3.63) is 17.0 Å². The molecule has 0 amide bonds. The van der Waals surface area contributed by atoms with Gasteiger partial charge in [-0.15, -0.1) is 11.3 Å². The summed E-state index contributed by atoms with van der Waals surface area (Å²) in [5, 5.41) is 3.32. The van der Waals surface area contributed by atoms with E-state index in [1.165, 1.54) is 15.6 Å². The van der Waals surface area contributed by atoms with Gasteiger partial charge in [0.15, 0.2) is 0 Å². The Labute approximate surface area is 120 Å². The van der Waals surface area contributed by atoms with Crippen LogP contribution >= 0.6 is 11.3 Å². The van der Waals surface area contributed by atoms with Gasteiger partial charge in [-0.3, -0.25) is 0 Å². The predicted octanol–water partition coefficient (Wildman–Crippen LogP) is 2.32. The fourth-order valence-corrected chi connectivity index (χ4v) is 4.56. The summed E-state index contributed by atoms with van der Waals surface area (Å²) in [7, 11) is -1.64. The molecular weight excluding hydrogens is 280 g/mol. The Kier molecular flexibility index (Phi) is 6.99. The van der Waals surface area contributed by atoms with Crippen LogP contribution in [-0.2, 0) is 16.4 Å². The quantitative estimate of drug-likeness (QED) is 0.712. The highest BCUT2D eigenvalue weighted by molar-refractivity contribution is 7.91. The maximum absolute atomic E-state index is 12.2. The van der Waals surface area contributed by atoms with Gasteiger partial charge >= 0.3 is 0 Å². The molecule has 1 rings (SSSR count). The lowest BCUT2D eigenvalue weighted by molar-refractivity contribution is 0.470. The van der Waals surface area contributed by atoms with E-state index in [1.807, 2.05) is 13.0 Å². The second-order valence-electron chi connectivity index (χ2n) is 4.55. The van der Waals surface area contributed by atoms with Gasteiger partial charge in [0, 0.05) is 18.5 Å². The van der Waals surface area contributed by atoms with Crippen molar-refractivity contribution in [3.8, 4) is 0 Å². The summed E-state index contributed by atoms with van der Waals surface area (Å²) in [6, 6.07) is 3.65. The second kappa shape index (κ2) is 7.99. The minimum absolute atomic E-state index is 0.453. The van der Waals surface area contributed by atoms with Crippen molar-refractivity contribution >= 4 is 21.4 Å². The van der Waals surface area contributed by atoms with E-state index >= 15 is 0 Å². The summed E-state index contributed by atoms with van der Waals surface area (Å²) in [6.07, 6.45) is 2.83. The van der Waals surface area contributed by atoms with Crippen LogP contribution in [0.3, 0.4) is 0 Å².